The van der Waals surface area contributed by atoms with E-state index in [1.807, 2.05) is 13.8 Å². The van der Waals surface area contributed by atoms with Crippen molar-refractivity contribution in [2.75, 3.05) is 0 Å². The molecule has 3 nitrogen and oxygen atoms in total. The van der Waals surface area contributed by atoms with E-state index in [0.717, 1.165) is 0 Å². The molecule has 1 aliphatic carbocycles. The Morgan fingerprint density at radius 1 is 1.16 bits per heavy atom. The second kappa shape index (κ2) is 5.29. The Morgan fingerprint density at radius 2 is 1.79 bits per heavy atom. The lowest BCUT2D eigenvalue weighted by molar-refractivity contribution is -0.115. The summed E-state index contributed by atoms with van der Waals surface area (Å²) in [5, 5.41) is 0. The van der Waals surface area contributed by atoms with Gasteiger partial charge in [-0.1, -0.05) is 32.0 Å². The lowest BCUT2D eigenvalue weighted by atomic mass is 9.86. The van der Waals surface area contributed by atoms with Crippen LogP contribution in [0.15, 0.2) is 46.2 Å². The summed E-state index contributed by atoms with van der Waals surface area (Å²) in [6, 6.07) is 8.32. The molecule has 102 valence electrons. The quantitative estimate of drug-likeness (QED) is 0.854. The zero-order valence-corrected chi connectivity index (χ0v) is 12.0. The Labute approximate surface area is 114 Å². The highest BCUT2D eigenvalue weighted by molar-refractivity contribution is 7.95. The smallest absolute Gasteiger partial charge is 0.203 e. The molecule has 0 aliphatic heterocycles. The summed E-state index contributed by atoms with van der Waals surface area (Å²) in [6.07, 6.45) is 2.39. The molecular weight excluding hydrogens is 260 g/mol. The standard InChI is InChI=1S/C15H18O3S/c1-11(2)14-9-8-12(16)10-15(14)19(17,18)13-6-4-3-5-7-13/h3-7,10-11,14H,8-9H2,1-2H3/t14-/m1/s1. The van der Waals surface area contributed by atoms with Crippen molar-refractivity contribution in [1.82, 2.24) is 0 Å². The number of carbonyl (C=O) groups excluding carboxylic acids is 1. The third-order valence-electron chi connectivity index (χ3n) is 3.54. The Kier molecular flexibility index (Phi) is 3.90. The number of allylic oxidation sites excluding steroid dienone is 2. The molecule has 0 saturated carbocycles. The molecule has 0 spiro atoms. The summed E-state index contributed by atoms with van der Waals surface area (Å²) in [4.78, 5) is 12.1. The summed E-state index contributed by atoms with van der Waals surface area (Å²) in [5.74, 6) is 0.0483. The van der Waals surface area contributed by atoms with Crippen LogP contribution in [0.25, 0.3) is 0 Å². The van der Waals surface area contributed by atoms with Gasteiger partial charge in [0.2, 0.25) is 9.84 Å². The van der Waals surface area contributed by atoms with Gasteiger partial charge in [-0.25, -0.2) is 8.42 Å². The lowest BCUT2D eigenvalue weighted by Gasteiger charge is -2.26. The van der Waals surface area contributed by atoms with Gasteiger partial charge in [0.1, 0.15) is 0 Å². The highest BCUT2D eigenvalue weighted by Gasteiger charge is 2.33. The van der Waals surface area contributed by atoms with Crippen LogP contribution >= 0.6 is 0 Å². The van der Waals surface area contributed by atoms with E-state index in [4.69, 9.17) is 0 Å². The van der Waals surface area contributed by atoms with Crippen molar-refractivity contribution >= 4 is 15.6 Å². The highest BCUT2D eigenvalue weighted by Crippen LogP contribution is 2.36. The Morgan fingerprint density at radius 3 is 2.37 bits per heavy atom. The molecule has 4 heteroatoms. The summed E-state index contributed by atoms with van der Waals surface area (Å²) < 4.78 is 25.3. The van der Waals surface area contributed by atoms with E-state index in [1.165, 1.54) is 6.08 Å². The number of sulfone groups is 1. The number of hydrogen-bond donors (Lipinski definition) is 0. The largest absolute Gasteiger partial charge is 0.295 e. The van der Waals surface area contributed by atoms with Gasteiger partial charge < -0.3 is 0 Å². The van der Waals surface area contributed by atoms with Crippen molar-refractivity contribution in [2.45, 2.75) is 31.6 Å². The van der Waals surface area contributed by atoms with Crippen LogP contribution in [0.2, 0.25) is 0 Å². The fourth-order valence-electron chi connectivity index (χ4n) is 2.45. The van der Waals surface area contributed by atoms with Crippen LogP contribution in [0.1, 0.15) is 26.7 Å². The molecule has 0 unspecified atom stereocenters. The molecule has 0 aromatic heterocycles. The van der Waals surface area contributed by atoms with Crippen LogP contribution < -0.4 is 0 Å². The van der Waals surface area contributed by atoms with E-state index in [1.54, 1.807) is 30.3 Å². The predicted octanol–water partition coefficient (Wildman–Crippen LogP) is 2.98. The maximum atomic E-state index is 12.6. The topological polar surface area (TPSA) is 51.2 Å². The number of rotatable bonds is 3. The van der Waals surface area contributed by atoms with Gasteiger partial charge in [-0.15, -0.1) is 0 Å². The van der Waals surface area contributed by atoms with E-state index in [0.29, 0.717) is 12.8 Å². The third kappa shape index (κ3) is 2.78. The molecule has 0 amide bonds. The Hall–Kier alpha value is -1.42. The maximum Gasteiger partial charge on any atom is 0.203 e. The number of ketones is 1. The number of carbonyl (C=O) groups is 1. The maximum absolute atomic E-state index is 12.6. The first-order chi connectivity index (χ1) is 8.93. The normalized spacial score (nSPS) is 20.5. The second-order valence-corrected chi connectivity index (χ2v) is 7.17. The predicted molar refractivity (Wildman–Crippen MR) is 74.3 cm³/mol. The van der Waals surface area contributed by atoms with Crippen molar-refractivity contribution in [2.24, 2.45) is 11.8 Å². The van der Waals surface area contributed by atoms with Crippen LogP contribution in [0, 0.1) is 11.8 Å². The molecule has 0 fully saturated rings. The fourth-order valence-corrected chi connectivity index (χ4v) is 4.32. The highest BCUT2D eigenvalue weighted by atomic mass is 32.2. The van der Waals surface area contributed by atoms with Gasteiger partial charge in [-0.3, -0.25) is 4.79 Å². The molecule has 19 heavy (non-hydrogen) atoms. The van der Waals surface area contributed by atoms with Crippen LogP contribution in [-0.4, -0.2) is 14.2 Å². The molecule has 0 radical (unpaired) electrons. The Balaban J connectivity index is 2.51. The van der Waals surface area contributed by atoms with Gasteiger partial charge in [0, 0.05) is 6.42 Å². The van der Waals surface area contributed by atoms with E-state index in [9.17, 15) is 13.2 Å². The molecular formula is C15H18O3S. The summed E-state index contributed by atoms with van der Waals surface area (Å²) in [5.41, 5.74) is 0. The van der Waals surface area contributed by atoms with Crippen LogP contribution in [0.5, 0.6) is 0 Å². The van der Waals surface area contributed by atoms with Crippen molar-refractivity contribution < 1.29 is 13.2 Å². The minimum absolute atomic E-state index is 0.0668. The number of benzene rings is 1. The molecule has 0 saturated heterocycles. The SMILES string of the molecule is CC(C)[C@H]1CCC(=O)C=C1S(=O)(=O)c1ccccc1. The molecule has 1 aromatic carbocycles. The minimum Gasteiger partial charge on any atom is -0.295 e. The van der Waals surface area contributed by atoms with Gasteiger partial charge in [0.05, 0.1) is 9.80 Å². The fraction of sp³-hybridized carbons (Fsp3) is 0.400. The minimum atomic E-state index is -3.55. The van der Waals surface area contributed by atoms with Gasteiger partial charge in [-0.2, -0.15) is 0 Å². The van der Waals surface area contributed by atoms with Gasteiger partial charge in [0.25, 0.3) is 0 Å². The van der Waals surface area contributed by atoms with E-state index in [2.05, 4.69) is 0 Å². The van der Waals surface area contributed by atoms with Gasteiger partial charge in [0.15, 0.2) is 5.78 Å². The molecule has 0 N–H and O–H groups in total. The van der Waals surface area contributed by atoms with Crippen molar-refractivity contribution in [3.8, 4) is 0 Å². The zero-order chi connectivity index (χ0) is 14.0. The summed E-state index contributed by atoms with van der Waals surface area (Å²) in [7, 11) is -3.55. The molecule has 1 aliphatic rings. The molecule has 2 rings (SSSR count). The van der Waals surface area contributed by atoms with Crippen LogP contribution in [0.3, 0.4) is 0 Å². The first-order valence-electron chi connectivity index (χ1n) is 6.47. The number of hydrogen-bond acceptors (Lipinski definition) is 3. The molecule has 1 atom stereocenters. The Bertz CT molecular complexity index is 598. The molecule has 1 aromatic rings. The van der Waals surface area contributed by atoms with Crippen molar-refractivity contribution in [3.63, 3.8) is 0 Å². The third-order valence-corrected chi connectivity index (χ3v) is 5.47. The second-order valence-electron chi connectivity index (χ2n) is 5.22. The van der Waals surface area contributed by atoms with Gasteiger partial charge in [-0.05, 0) is 36.5 Å². The van der Waals surface area contributed by atoms with E-state index >= 15 is 0 Å². The van der Waals surface area contributed by atoms with Crippen LogP contribution in [0.4, 0.5) is 0 Å². The molecule has 0 bridgehead atoms. The average Bonchev–Trinajstić information content (AvgIpc) is 2.39. The monoisotopic (exact) mass is 278 g/mol. The van der Waals surface area contributed by atoms with E-state index < -0.39 is 9.84 Å². The average molecular weight is 278 g/mol. The lowest BCUT2D eigenvalue weighted by Crippen LogP contribution is -2.24. The van der Waals surface area contributed by atoms with Crippen molar-refractivity contribution in [1.29, 1.82) is 0 Å². The first kappa shape index (κ1) is 14.0. The summed E-state index contributed by atoms with van der Waals surface area (Å²) >= 11 is 0. The summed E-state index contributed by atoms with van der Waals surface area (Å²) in [6.45, 7) is 3.99. The zero-order valence-electron chi connectivity index (χ0n) is 11.2. The molecule has 0 heterocycles. The van der Waals surface area contributed by atoms with Crippen molar-refractivity contribution in [3.05, 3.63) is 41.3 Å². The first-order valence-corrected chi connectivity index (χ1v) is 7.96. The van der Waals surface area contributed by atoms with Gasteiger partial charge >= 0.3 is 0 Å². The van der Waals surface area contributed by atoms with Crippen LogP contribution in [-0.2, 0) is 14.6 Å². The van der Waals surface area contributed by atoms with E-state index in [-0.39, 0.29) is 27.4 Å².